The molecule has 3 N–H and O–H groups in total. The van der Waals surface area contributed by atoms with E-state index in [2.05, 4.69) is 20.9 Å². The van der Waals surface area contributed by atoms with E-state index in [-0.39, 0.29) is 11.6 Å². The van der Waals surface area contributed by atoms with E-state index in [0.29, 0.717) is 4.60 Å². The number of aromatic nitrogens is 1. The van der Waals surface area contributed by atoms with Gasteiger partial charge in [-0.25, -0.2) is 4.98 Å². The zero-order valence-corrected chi connectivity index (χ0v) is 6.09. The number of aromatic hydroxyl groups is 1. The predicted octanol–water partition coefficient (Wildman–Crippen LogP) is 1.13. The average Bonchev–Trinajstić information content (AvgIpc) is 1.80. The highest BCUT2D eigenvalue weighted by Gasteiger charge is 1.95. The normalized spacial score (nSPS) is 9.44. The van der Waals surface area contributed by atoms with Crippen LogP contribution in [0.3, 0.4) is 0 Å². The molecule has 0 fully saturated rings. The number of hydrogen-bond donors (Lipinski definition) is 2. The average molecular weight is 189 g/mol. The first-order chi connectivity index (χ1) is 4.20. The third-order valence-corrected chi connectivity index (χ3v) is 1.31. The summed E-state index contributed by atoms with van der Waals surface area (Å²) in [4.78, 5) is 3.72. The summed E-state index contributed by atoms with van der Waals surface area (Å²) in [5, 5.41) is 8.84. The van der Waals surface area contributed by atoms with Crippen molar-refractivity contribution in [2.75, 3.05) is 5.73 Å². The number of nitrogen functional groups attached to an aromatic ring is 1. The Balaban J connectivity index is 3.17. The van der Waals surface area contributed by atoms with Crippen molar-refractivity contribution >= 4 is 21.7 Å². The van der Waals surface area contributed by atoms with E-state index in [0.717, 1.165) is 0 Å². The van der Waals surface area contributed by atoms with Gasteiger partial charge < -0.3 is 10.8 Å². The van der Waals surface area contributed by atoms with Crippen LogP contribution in [0, 0.1) is 0 Å². The lowest BCUT2D eigenvalue weighted by atomic mass is 10.4. The van der Waals surface area contributed by atoms with E-state index in [9.17, 15) is 0 Å². The number of hydrogen-bond acceptors (Lipinski definition) is 3. The lowest BCUT2D eigenvalue weighted by Gasteiger charge is -1.94. The van der Waals surface area contributed by atoms with Crippen LogP contribution in [0.4, 0.5) is 5.82 Å². The van der Waals surface area contributed by atoms with Crippen molar-refractivity contribution in [2.45, 2.75) is 0 Å². The topological polar surface area (TPSA) is 59.1 Å². The molecule has 0 saturated carbocycles. The van der Waals surface area contributed by atoms with Gasteiger partial charge in [-0.1, -0.05) is 0 Å². The Morgan fingerprint density at radius 1 is 1.56 bits per heavy atom. The van der Waals surface area contributed by atoms with E-state index >= 15 is 0 Å². The summed E-state index contributed by atoms with van der Waals surface area (Å²) in [6, 6.07) is 3.10. The summed E-state index contributed by atoms with van der Waals surface area (Å²) in [5.41, 5.74) is 5.23. The van der Waals surface area contributed by atoms with Crippen LogP contribution >= 0.6 is 15.9 Å². The molecule has 0 unspecified atom stereocenters. The summed E-state index contributed by atoms with van der Waals surface area (Å²) in [5.74, 6) is 0.155. The number of rotatable bonds is 0. The van der Waals surface area contributed by atoms with Gasteiger partial charge in [0.05, 0.1) is 0 Å². The molecule has 0 aromatic carbocycles. The summed E-state index contributed by atoms with van der Waals surface area (Å²) in [6.07, 6.45) is 0. The molecule has 0 radical (unpaired) electrons. The van der Waals surface area contributed by atoms with Crippen molar-refractivity contribution in [1.29, 1.82) is 0 Å². The monoisotopic (exact) mass is 188 g/mol. The molecular formula is C5H5BrN2O. The highest BCUT2D eigenvalue weighted by molar-refractivity contribution is 9.10. The Labute approximate surface area is 60.7 Å². The summed E-state index contributed by atoms with van der Waals surface area (Å²) < 4.78 is 0.623. The highest BCUT2D eigenvalue weighted by atomic mass is 79.9. The largest absolute Gasteiger partial charge is 0.504 e. The van der Waals surface area contributed by atoms with Gasteiger partial charge in [-0.15, -0.1) is 0 Å². The second kappa shape index (κ2) is 2.23. The molecule has 0 aliphatic carbocycles. The van der Waals surface area contributed by atoms with Gasteiger partial charge in [-0.05, 0) is 28.1 Å². The maximum Gasteiger partial charge on any atom is 0.167 e. The van der Waals surface area contributed by atoms with E-state index < -0.39 is 0 Å². The lowest BCUT2D eigenvalue weighted by Crippen LogP contribution is -1.89. The number of anilines is 1. The van der Waals surface area contributed by atoms with Gasteiger partial charge in [0.15, 0.2) is 11.6 Å². The second-order valence-corrected chi connectivity index (χ2v) is 2.35. The van der Waals surface area contributed by atoms with Gasteiger partial charge in [-0.2, -0.15) is 0 Å². The molecule has 0 spiro atoms. The smallest absolute Gasteiger partial charge is 0.167 e. The Morgan fingerprint density at radius 2 is 2.22 bits per heavy atom. The molecule has 3 nitrogen and oxygen atoms in total. The molecule has 0 amide bonds. The molecule has 48 valence electrons. The quantitative estimate of drug-likeness (QED) is 0.601. The first-order valence-corrected chi connectivity index (χ1v) is 3.10. The fourth-order valence-corrected chi connectivity index (χ4v) is 0.766. The first-order valence-electron chi connectivity index (χ1n) is 2.31. The molecular weight excluding hydrogens is 184 g/mol. The van der Waals surface area contributed by atoms with E-state index in [1.807, 2.05) is 0 Å². The van der Waals surface area contributed by atoms with Crippen LogP contribution in [0.15, 0.2) is 16.7 Å². The molecule has 0 saturated heterocycles. The lowest BCUT2D eigenvalue weighted by molar-refractivity contribution is 0.475. The van der Waals surface area contributed by atoms with Crippen molar-refractivity contribution in [2.24, 2.45) is 0 Å². The number of pyridine rings is 1. The van der Waals surface area contributed by atoms with Gasteiger partial charge in [0, 0.05) is 0 Å². The summed E-state index contributed by atoms with van der Waals surface area (Å²) in [7, 11) is 0. The predicted molar refractivity (Wildman–Crippen MR) is 38.0 cm³/mol. The van der Waals surface area contributed by atoms with E-state index in [4.69, 9.17) is 10.8 Å². The van der Waals surface area contributed by atoms with Crippen LogP contribution in [0.25, 0.3) is 0 Å². The summed E-state index contributed by atoms with van der Waals surface area (Å²) >= 11 is 3.09. The zero-order chi connectivity index (χ0) is 6.85. The first kappa shape index (κ1) is 6.35. The number of nitrogens with two attached hydrogens (primary N) is 1. The van der Waals surface area contributed by atoms with Crippen molar-refractivity contribution in [1.82, 2.24) is 4.98 Å². The minimum absolute atomic E-state index is 0.0122. The molecule has 1 aromatic heterocycles. The molecule has 0 bridgehead atoms. The van der Waals surface area contributed by atoms with Crippen molar-refractivity contribution in [3.63, 3.8) is 0 Å². The number of nitrogens with zero attached hydrogens (tertiary/aromatic N) is 1. The highest BCUT2D eigenvalue weighted by Crippen LogP contribution is 2.18. The second-order valence-electron chi connectivity index (χ2n) is 1.54. The van der Waals surface area contributed by atoms with Gasteiger partial charge in [0.25, 0.3) is 0 Å². The Kier molecular flexibility index (Phi) is 1.57. The maximum atomic E-state index is 8.84. The Hall–Kier alpha value is -0.770. The third-order valence-electron chi connectivity index (χ3n) is 0.868. The standard InChI is InChI=1S/C5H5BrN2O/c6-4-2-1-3(9)5(7)8-4/h1-2,9H,(H2,7,8). The van der Waals surface area contributed by atoms with Crippen LogP contribution < -0.4 is 5.73 Å². The van der Waals surface area contributed by atoms with Gasteiger partial charge in [0.2, 0.25) is 0 Å². The van der Waals surface area contributed by atoms with Gasteiger partial charge >= 0.3 is 0 Å². The SMILES string of the molecule is Nc1nc(Br)ccc1O. The fourth-order valence-electron chi connectivity index (χ4n) is 0.443. The van der Waals surface area contributed by atoms with Crippen molar-refractivity contribution < 1.29 is 5.11 Å². The zero-order valence-electron chi connectivity index (χ0n) is 4.50. The van der Waals surface area contributed by atoms with Crippen LogP contribution in [0.5, 0.6) is 5.75 Å². The van der Waals surface area contributed by atoms with Crippen molar-refractivity contribution in [3.8, 4) is 5.75 Å². The van der Waals surface area contributed by atoms with Crippen molar-refractivity contribution in [3.05, 3.63) is 16.7 Å². The molecule has 0 aliphatic rings. The van der Waals surface area contributed by atoms with E-state index in [1.54, 1.807) is 6.07 Å². The molecule has 4 heteroatoms. The molecule has 1 rings (SSSR count). The minimum Gasteiger partial charge on any atom is -0.504 e. The van der Waals surface area contributed by atoms with Crippen LogP contribution in [0.2, 0.25) is 0 Å². The maximum absolute atomic E-state index is 8.84. The van der Waals surface area contributed by atoms with Crippen LogP contribution in [0.1, 0.15) is 0 Å². The van der Waals surface area contributed by atoms with E-state index in [1.165, 1.54) is 6.07 Å². The molecule has 1 heterocycles. The Morgan fingerprint density at radius 3 is 2.67 bits per heavy atom. The van der Waals surface area contributed by atoms with Gasteiger partial charge in [0.1, 0.15) is 4.60 Å². The molecule has 1 aromatic rings. The third kappa shape index (κ3) is 1.32. The van der Waals surface area contributed by atoms with Crippen LogP contribution in [-0.2, 0) is 0 Å². The Bertz CT molecular complexity index is 226. The molecule has 0 atom stereocenters. The molecule has 9 heavy (non-hydrogen) atoms. The fraction of sp³-hybridized carbons (Fsp3) is 0. The molecule has 0 aliphatic heterocycles. The van der Waals surface area contributed by atoms with Crippen LogP contribution in [-0.4, -0.2) is 10.1 Å². The minimum atomic E-state index is 0.0122. The van der Waals surface area contributed by atoms with Gasteiger partial charge in [-0.3, -0.25) is 0 Å². The number of halogens is 1. The summed E-state index contributed by atoms with van der Waals surface area (Å²) in [6.45, 7) is 0.